The summed E-state index contributed by atoms with van der Waals surface area (Å²) in [5.74, 6) is -0.357. The third-order valence-electron chi connectivity index (χ3n) is 4.48. The number of amides is 2. The van der Waals surface area contributed by atoms with E-state index in [9.17, 15) is 9.59 Å². The Hall–Kier alpha value is -2.30. The number of carbonyl (C=O) groups excluding carboxylic acids is 2. The van der Waals surface area contributed by atoms with Gasteiger partial charge in [-0.05, 0) is 50.8 Å². The van der Waals surface area contributed by atoms with Gasteiger partial charge in [-0.1, -0.05) is 30.4 Å². The van der Waals surface area contributed by atoms with Crippen LogP contribution in [0.25, 0.3) is 5.57 Å². The van der Waals surface area contributed by atoms with Crippen LogP contribution in [0.1, 0.15) is 44.7 Å². The summed E-state index contributed by atoms with van der Waals surface area (Å²) in [6.45, 7) is 10.4. The third kappa shape index (κ3) is 3.78. The van der Waals surface area contributed by atoms with E-state index in [1.807, 2.05) is 45.0 Å². The van der Waals surface area contributed by atoms with Gasteiger partial charge >= 0.3 is 12.0 Å². The number of hydrogen-bond donors (Lipinski definition) is 1. The fourth-order valence-corrected chi connectivity index (χ4v) is 2.98. The molecule has 1 saturated heterocycles. The lowest BCUT2D eigenvalue weighted by Gasteiger charge is -2.31. The monoisotopic (exact) mass is 330 g/mol. The number of methoxy groups -OCH3 is 1. The van der Waals surface area contributed by atoms with Crippen molar-refractivity contribution in [3.05, 3.63) is 42.0 Å². The number of hydrogen-bond acceptors (Lipinski definition) is 3. The van der Waals surface area contributed by atoms with Gasteiger partial charge in [-0.2, -0.15) is 0 Å². The first-order valence-corrected chi connectivity index (χ1v) is 8.19. The molecule has 5 heteroatoms. The molecule has 1 aromatic carbocycles. The maximum absolute atomic E-state index is 12.7. The van der Waals surface area contributed by atoms with Crippen molar-refractivity contribution in [1.82, 2.24) is 10.2 Å². The molecule has 1 fully saturated rings. The highest BCUT2D eigenvalue weighted by Gasteiger charge is 2.37. The predicted octanol–water partition coefficient (Wildman–Crippen LogP) is 3.30. The summed E-state index contributed by atoms with van der Waals surface area (Å²) in [4.78, 5) is 26.1. The Kier molecular flexibility index (Phi) is 5.32. The molecule has 1 aromatic rings. The molecule has 24 heavy (non-hydrogen) atoms. The number of urea groups is 1. The lowest BCUT2D eigenvalue weighted by molar-refractivity contribution is -0.144. The molecule has 1 aliphatic rings. The number of nitrogens with one attached hydrogen (secondary N) is 1. The van der Waals surface area contributed by atoms with Crippen LogP contribution in [0.4, 0.5) is 4.79 Å². The SMILES string of the molecule is C=C(C)c1cccc(C(C)(C)NC(=O)N2CCCC2C(=O)OC)c1. The average Bonchev–Trinajstić information content (AvgIpc) is 3.03. The van der Waals surface area contributed by atoms with E-state index in [1.54, 1.807) is 4.90 Å². The minimum atomic E-state index is -0.564. The van der Waals surface area contributed by atoms with Crippen molar-refractivity contribution in [2.24, 2.45) is 0 Å². The van der Waals surface area contributed by atoms with Gasteiger partial charge in [0.25, 0.3) is 0 Å². The number of esters is 1. The molecule has 1 aliphatic heterocycles. The van der Waals surface area contributed by atoms with E-state index < -0.39 is 11.6 Å². The van der Waals surface area contributed by atoms with Crippen molar-refractivity contribution < 1.29 is 14.3 Å². The van der Waals surface area contributed by atoms with Crippen molar-refractivity contribution in [3.8, 4) is 0 Å². The highest BCUT2D eigenvalue weighted by Crippen LogP contribution is 2.25. The first kappa shape index (κ1) is 18.0. The lowest BCUT2D eigenvalue weighted by atomic mass is 9.92. The summed E-state index contributed by atoms with van der Waals surface area (Å²) in [5, 5.41) is 3.04. The second-order valence-electron chi connectivity index (χ2n) is 6.79. The van der Waals surface area contributed by atoms with Gasteiger partial charge in [-0.15, -0.1) is 0 Å². The molecule has 2 amide bonds. The van der Waals surface area contributed by atoms with E-state index in [1.165, 1.54) is 7.11 Å². The van der Waals surface area contributed by atoms with Gasteiger partial charge in [0.15, 0.2) is 0 Å². The fraction of sp³-hybridized carbons (Fsp3) is 0.474. The van der Waals surface area contributed by atoms with Crippen LogP contribution in [0.2, 0.25) is 0 Å². The van der Waals surface area contributed by atoms with Crippen LogP contribution >= 0.6 is 0 Å². The first-order valence-electron chi connectivity index (χ1n) is 8.19. The minimum absolute atomic E-state index is 0.242. The fourth-order valence-electron chi connectivity index (χ4n) is 2.98. The number of likely N-dealkylation sites (tertiary alicyclic amines) is 1. The molecule has 1 unspecified atom stereocenters. The molecule has 0 saturated carbocycles. The molecule has 1 heterocycles. The van der Waals surface area contributed by atoms with Crippen LogP contribution in [0.3, 0.4) is 0 Å². The molecular formula is C19H26N2O3. The lowest BCUT2D eigenvalue weighted by Crippen LogP contribution is -2.51. The van der Waals surface area contributed by atoms with Crippen LogP contribution in [0.5, 0.6) is 0 Å². The molecule has 1 N–H and O–H groups in total. The predicted molar refractivity (Wildman–Crippen MR) is 94.5 cm³/mol. The van der Waals surface area contributed by atoms with Gasteiger partial charge in [-0.3, -0.25) is 0 Å². The number of carbonyl (C=O) groups is 2. The van der Waals surface area contributed by atoms with Crippen molar-refractivity contribution >= 4 is 17.6 Å². The molecule has 0 bridgehead atoms. The molecule has 0 spiro atoms. The number of allylic oxidation sites excluding steroid dienone is 1. The molecule has 130 valence electrons. The Morgan fingerprint density at radius 1 is 1.38 bits per heavy atom. The molecule has 0 aromatic heterocycles. The Labute approximate surface area is 143 Å². The van der Waals surface area contributed by atoms with E-state index in [2.05, 4.69) is 11.9 Å². The summed E-state index contributed by atoms with van der Waals surface area (Å²) in [5.41, 5.74) is 2.45. The smallest absolute Gasteiger partial charge is 0.328 e. The van der Waals surface area contributed by atoms with Crippen LogP contribution in [-0.2, 0) is 15.1 Å². The maximum atomic E-state index is 12.7. The Morgan fingerprint density at radius 3 is 2.71 bits per heavy atom. The average molecular weight is 330 g/mol. The van der Waals surface area contributed by atoms with E-state index >= 15 is 0 Å². The van der Waals surface area contributed by atoms with E-state index in [4.69, 9.17) is 4.74 Å². The topological polar surface area (TPSA) is 58.6 Å². The van der Waals surface area contributed by atoms with E-state index in [0.29, 0.717) is 13.0 Å². The number of rotatable bonds is 4. The molecule has 0 aliphatic carbocycles. The zero-order valence-electron chi connectivity index (χ0n) is 14.9. The van der Waals surface area contributed by atoms with Crippen LogP contribution in [-0.4, -0.2) is 36.6 Å². The van der Waals surface area contributed by atoms with Crippen molar-refractivity contribution in [2.45, 2.75) is 45.2 Å². The van der Waals surface area contributed by atoms with Gasteiger partial charge in [0, 0.05) is 6.54 Å². The van der Waals surface area contributed by atoms with Crippen molar-refractivity contribution in [1.29, 1.82) is 0 Å². The second-order valence-corrected chi connectivity index (χ2v) is 6.79. The highest BCUT2D eigenvalue weighted by atomic mass is 16.5. The van der Waals surface area contributed by atoms with Crippen LogP contribution in [0, 0.1) is 0 Å². The molecule has 1 atom stereocenters. The molecule has 5 nitrogen and oxygen atoms in total. The van der Waals surface area contributed by atoms with E-state index in [0.717, 1.165) is 23.1 Å². The summed E-state index contributed by atoms with van der Waals surface area (Å²) in [6.07, 6.45) is 1.45. The quantitative estimate of drug-likeness (QED) is 0.862. The standard InChI is InChI=1S/C19H26N2O3/c1-13(2)14-8-6-9-15(12-14)19(3,4)20-18(23)21-11-7-10-16(21)17(22)24-5/h6,8-9,12,16H,1,7,10-11H2,2-5H3,(H,20,23). The van der Waals surface area contributed by atoms with Crippen LogP contribution in [0.15, 0.2) is 30.8 Å². The third-order valence-corrected chi connectivity index (χ3v) is 4.48. The Morgan fingerprint density at radius 2 is 2.08 bits per heavy atom. The molecular weight excluding hydrogens is 304 g/mol. The molecule has 2 rings (SSSR count). The second kappa shape index (κ2) is 7.07. The summed E-state index contributed by atoms with van der Waals surface area (Å²) < 4.78 is 4.80. The van der Waals surface area contributed by atoms with Gasteiger partial charge in [-0.25, -0.2) is 9.59 Å². The normalized spacial score (nSPS) is 17.5. The van der Waals surface area contributed by atoms with Crippen LogP contribution < -0.4 is 5.32 Å². The Bertz CT molecular complexity index is 652. The van der Waals surface area contributed by atoms with Gasteiger partial charge < -0.3 is 15.0 Å². The minimum Gasteiger partial charge on any atom is -0.467 e. The summed E-state index contributed by atoms with van der Waals surface area (Å²) >= 11 is 0. The number of benzene rings is 1. The number of ether oxygens (including phenoxy) is 1. The first-order chi connectivity index (χ1) is 11.3. The Balaban J connectivity index is 2.16. The molecule has 0 radical (unpaired) electrons. The van der Waals surface area contributed by atoms with E-state index in [-0.39, 0.29) is 12.0 Å². The van der Waals surface area contributed by atoms with Gasteiger partial charge in [0.05, 0.1) is 12.6 Å². The van der Waals surface area contributed by atoms with Gasteiger partial charge in [0.2, 0.25) is 0 Å². The maximum Gasteiger partial charge on any atom is 0.328 e. The summed E-state index contributed by atoms with van der Waals surface area (Å²) in [7, 11) is 1.35. The highest BCUT2D eigenvalue weighted by molar-refractivity contribution is 5.84. The largest absolute Gasteiger partial charge is 0.467 e. The zero-order chi connectivity index (χ0) is 17.9. The van der Waals surface area contributed by atoms with Crippen molar-refractivity contribution in [2.75, 3.05) is 13.7 Å². The van der Waals surface area contributed by atoms with Gasteiger partial charge in [0.1, 0.15) is 6.04 Å². The van der Waals surface area contributed by atoms with Crippen molar-refractivity contribution in [3.63, 3.8) is 0 Å². The summed E-state index contributed by atoms with van der Waals surface area (Å²) in [6, 6.07) is 7.23. The number of nitrogens with zero attached hydrogens (tertiary/aromatic N) is 1. The zero-order valence-corrected chi connectivity index (χ0v) is 14.9.